The van der Waals surface area contributed by atoms with Crippen LogP contribution in [0.15, 0.2) is 18.2 Å². The number of thioether (sulfide) groups is 1. The molecule has 7 heteroatoms. The highest BCUT2D eigenvalue weighted by molar-refractivity contribution is 8.00. The molecule has 1 unspecified atom stereocenters. The van der Waals surface area contributed by atoms with E-state index in [-0.39, 0.29) is 23.6 Å². The van der Waals surface area contributed by atoms with Crippen LogP contribution >= 0.6 is 35.0 Å². The number of rotatable bonds is 8. The first-order chi connectivity index (χ1) is 10.9. The molecule has 1 N–H and O–H groups in total. The molecule has 2 amide bonds. The van der Waals surface area contributed by atoms with Gasteiger partial charge in [-0.3, -0.25) is 9.59 Å². The van der Waals surface area contributed by atoms with Crippen LogP contribution < -0.4 is 5.32 Å². The molecular formula is C16H22Cl2N2O2S. The molecule has 0 saturated carbocycles. The fourth-order valence-electron chi connectivity index (χ4n) is 2.05. The summed E-state index contributed by atoms with van der Waals surface area (Å²) in [5.41, 5.74) is 0.886. The Morgan fingerprint density at radius 3 is 2.39 bits per heavy atom. The molecule has 0 bridgehead atoms. The standard InChI is InChI=1S/C16H22Cl2N2O2S/c1-4-20(5-2)16(22)10-23-9-15(21)19-11(3)12-6-7-13(17)14(18)8-12/h6-8,11H,4-5,9-10H2,1-3H3,(H,19,21). The summed E-state index contributed by atoms with van der Waals surface area (Å²) in [5, 5.41) is 3.84. The summed E-state index contributed by atoms with van der Waals surface area (Å²) in [5.74, 6) is 0.515. The third-order valence-electron chi connectivity index (χ3n) is 3.40. The molecule has 0 heterocycles. The Bertz CT molecular complexity index is 551. The highest BCUT2D eigenvalue weighted by Gasteiger charge is 2.13. The van der Waals surface area contributed by atoms with E-state index >= 15 is 0 Å². The molecular weight excluding hydrogens is 355 g/mol. The van der Waals surface area contributed by atoms with Gasteiger partial charge in [0.15, 0.2) is 0 Å². The zero-order valence-electron chi connectivity index (χ0n) is 13.6. The van der Waals surface area contributed by atoms with E-state index in [0.717, 1.165) is 5.56 Å². The molecule has 4 nitrogen and oxygen atoms in total. The maximum absolute atomic E-state index is 12.0. The van der Waals surface area contributed by atoms with Crippen LogP contribution in [0.3, 0.4) is 0 Å². The third kappa shape index (κ3) is 6.61. The van der Waals surface area contributed by atoms with Gasteiger partial charge in [-0.25, -0.2) is 0 Å². The van der Waals surface area contributed by atoms with Crippen molar-refractivity contribution in [2.45, 2.75) is 26.8 Å². The molecule has 128 valence electrons. The van der Waals surface area contributed by atoms with Crippen molar-refractivity contribution in [1.29, 1.82) is 0 Å². The molecule has 0 aliphatic heterocycles. The van der Waals surface area contributed by atoms with Crippen LogP contribution in [0.2, 0.25) is 10.0 Å². The Labute approximate surface area is 151 Å². The van der Waals surface area contributed by atoms with Gasteiger partial charge in [-0.2, -0.15) is 0 Å². The Kier molecular flexibility index (Phi) is 8.81. The van der Waals surface area contributed by atoms with Crippen LogP contribution in [0.5, 0.6) is 0 Å². The lowest BCUT2D eigenvalue weighted by Crippen LogP contribution is -2.33. The first-order valence-electron chi connectivity index (χ1n) is 7.48. The predicted molar refractivity (Wildman–Crippen MR) is 98.3 cm³/mol. The normalized spacial score (nSPS) is 11.9. The zero-order chi connectivity index (χ0) is 17.4. The quantitative estimate of drug-likeness (QED) is 0.750. The highest BCUT2D eigenvalue weighted by atomic mass is 35.5. The average molecular weight is 377 g/mol. The van der Waals surface area contributed by atoms with Crippen LogP contribution in [0.4, 0.5) is 0 Å². The second kappa shape index (κ2) is 10.1. The van der Waals surface area contributed by atoms with E-state index in [1.807, 2.05) is 26.8 Å². The van der Waals surface area contributed by atoms with Crippen molar-refractivity contribution in [3.63, 3.8) is 0 Å². The van der Waals surface area contributed by atoms with E-state index in [1.54, 1.807) is 17.0 Å². The Balaban J connectivity index is 2.41. The number of carbonyl (C=O) groups is 2. The van der Waals surface area contributed by atoms with Crippen LogP contribution in [-0.2, 0) is 9.59 Å². The van der Waals surface area contributed by atoms with Gasteiger partial charge in [0.25, 0.3) is 0 Å². The Morgan fingerprint density at radius 2 is 1.83 bits per heavy atom. The monoisotopic (exact) mass is 376 g/mol. The fourth-order valence-corrected chi connectivity index (χ4v) is 3.08. The lowest BCUT2D eigenvalue weighted by molar-refractivity contribution is -0.127. The highest BCUT2D eigenvalue weighted by Crippen LogP contribution is 2.25. The van der Waals surface area contributed by atoms with E-state index in [1.165, 1.54) is 11.8 Å². The minimum absolute atomic E-state index is 0.0605. The molecule has 1 rings (SSSR count). The van der Waals surface area contributed by atoms with Crippen molar-refractivity contribution in [2.24, 2.45) is 0 Å². The van der Waals surface area contributed by atoms with Gasteiger partial charge < -0.3 is 10.2 Å². The molecule has 1 aromatic rings. The smallest absolute Gasteiger partial charge is 0.232 e. The number of nitrogens with zero attached hydrogens (tertiary/aromatic N) is 1. The van der Waals surface area contributed by atoms with Gasteiger partial charge in [-0.1, -0.05) is 29.3 Å². The Hall–Kier alpha value is -0.910. The summed E-state index contributed by atoms with van der Waals surface area (Å²) >= 11 is 13.2. The topological polar surface area (TPSA) is 49.4 Å². The summed E-state index contributed by atoms with van der Waals surface area (Å²) in [6.07, 6.45) is 0. The second-order valence-corrected chi connectivity index (χ2v) is 6.82. The number of carbonyl (C=O) groups excluding carboxylic acids is 2. The van der Waals surface area contributed by atoms with Crippen molar-refractivity contribution < 1.29 is 9.59 Å². The minimum atomic E-state index is -0.170. The van der Waals surface area contributed by atoms with Gasteiger partial charge >= 0.3 is 0 Å². The van der Waals surface area contributed by atoms with Crippen molar-refractivity contribution in [3.8, 4) is 0 Å². The van der Waals surface area contributed by atoms with Crippen molar-refractivity contribution >= 4 is 46.8 Å². The summed E-state index contributed by atoms with van der Waals surface area (Å²) in [7, 11) is 0. The zero-order valence-corrected chi connectivity index (χ0v) is 15.9. The number of hydrogen-bond donors (Lipinski definition) is 1. The van der Waals surface area contributed by atoms with Crippen molar-refractivity contribution in [3.05, 3.63) is 33.8 Å². The molecule has 1 atom stereocenters. The summed E-state index contributed by atoms with van der Waals surface area (Å²) < 4.78 is 0. The number of amides is 2. The number of nitrogens with one attached hydrogen (secondary N) is 1. The van der Waals surface area contributed by atoms with E-state index < -0.39 is 0 Å². The number of halogens is 2. The first kappa shape index (κ1) is 20.1. The maximum Gasteiger partial charge on any atom is 0.232 e. The van der Waals surface area contributed by atoms with E-state index in [9.17, 15) is 9.59 Å². The maximum atomic E-state index is 12.0. The lowest BCUT2D eigenvalue weighted by atomic mass is 10.1. The molecule has 0 radical (unpaired) electrons. The summed E-state index contributed by atoms with van der Waals surface area (Å²) in [6, 6.07) is 5.11. The van der Waals surface area contributed by atoms with Crippen LogP contribution in [0.1, 0.15) is 32.4 Å². The van der Waals surface area contributed by atoms with Crippen LogP contribution in [0, 0.1) is 0 Å². The van der Waals surface area contributed by atoms with E-state index in [0.29, 0.717) is 28.9 Å². The van der Waals surface area contributed by atoms with Gasteiger partial charge in [0.2, 0.25) is 11.8 Å². The van der Waals surface area contributed by atoms with E-state index in [4.69, 9.17) is 23.2 Å². The lowest BCUT2D eigenvalue weighted by Gasteiger charge is -2.18. The van der Waals surface area contributed by atoms with Gasteiger partial charge in [0.1, 0.15) is 0 Å². The number of hydrogen-bond acceptors (Lipinski definition) is 3. The summed E-state index contributed by atoms with van der Waals surface area (Å²) in [4.78, 5) is 25.6. The Morgan fingerprint density at radius 1 is 1.17 bits per heavy atom. The van der Waals surface area contributed by atoms with Gasteiger partial charge in [0, 0.05) is 13.1 Å². The first-order valence-corrected chi connectivity index (χ1v) is 9.39. The molecule has 0 fully saturated rings. The molecule has 0 aliphatic carbocycles. The predicted octanol–water partition coefficient (Wildman–Crippen LogP) is 3.77. The van der Waals surface area contributed by atoms with Gasteiger partial charge in [-0.15, -0.1) is 11.8 Å². The summed E-state index contributed by atoms with van der Waals surface area (Å²) in [6.45, 7) is 7.14. The minimum Gasteiger partial charge on any atom is -0.349 e. The molecule has 1 aromatic carbocycles. The second-order valence-electron chi connectivity index (χ2n) is 5.02. The molecule has 0 aliphatic rings. The molecule has 23 heavy (non-hydrogen) atoms. The fraction of sp³-hybridized carbons (Fsp3) is 0.500. The largest absolute Gasteiger partial charge is 0.349 e. The number of benzene rings is 1. The van der Waals surface area contributed by atoms with Gasteiger partial charge in [-0.05, 0) is 38.5 Å². The van der Waals surface area contributed by atoms with Crippen molar-refractivity contribution in [1.82, 2.24) is 10.2 Å². The van der Waals surface area contributed by atoms with Crippen LogP contribution in [-0.4, -0.2) is 41.3 Å². The van der Waals surface area contributed by atoms with Gasteiger partial charge in [0.05, 0.1) is 27.6 Å². The molecule has 0 spiro atoms. The van der Waals surface area contributed by atoms with E-state index in [2.05, 4.69) is 5.32 Å². The average Bonchev–Trinajstić information content (AvgIpc) is 2.51. The SMILES string of the molecule is CCN(CC)C(=O)CSCC(=O)NC(C)c1ccc(Cl)c(Cl)c1. The molecule has 0 saturated heterocycles. The van der Waals surface area contributed by atoms with Crippen molar-refractivity contribution in [2.75, 3.05) is 24.6 Å². The third-order valence-corrected chi connectivity index (χ3v) is 5.05. The van der Waals surface area contributed by atoms with Crippen LogP contribution in [0.25, 0.3) is 0 Å². The molecule has 0 aromatic heterocycles.